The van der Waals surface area contributed by atoms with Crippen LogP contribution in [0.5, 0.6) is 0 Å². The summed E-state index contributed by atoms with van der Waals surface area (Å²) in [6.07, 6.45) is 1.24. The maximum Gasteiger partial charge on any atom is 0.315 e. The van der Waals surface area contributed by atoms with Gasteiger partial charge < -0.3 is 10.6 Å². The SMILES string of the molecule is CCC(C#N)(CC)NC(=O)NC. The Morgan fingerprint density at radius 3 is 2.25 bits per heavy atom. The quantitative estimate of drug-likeness (QED) is 0.662. The zero-order valence-electron chi connectivity index (χ0n) is 7.77. The molecular weight excluding hydrogens is 154 g/mol. The number of urea groups is 1. The van der Waals surface area contributed by atoms with Crippen LogP contribution in [-0.4, -0.2) is 18.6 Å². The standard InChI is InChI=1S/C8H15N3O/c1-4-8(5-2,6-9)11-7(12)10-3/h4-5H2,1-3H3,(H2,10,11,12). The Labute approximate surface area is 72.9 Å². The van der Waals surface area contributed by atoms with Gasteiger partial charge in [0.1, 0.15) is 5.54 Å². The van der Waals surface area contributed by atoms with Crippen LogP contribution in [0.15, 0.2) is 0 Å². The van der Waals surface area contributed by atoms with Gasteiger partial charge in [0, 0.05) is 7.05 Å². The van der Waals surface area contributed by atoms with E-state index in [1.807, 2.05) is 13.8 Å². The Balaban J connectivity index is 4.33. The zero-order chi connectivity index (χ0) is 9.61. The van der Waals surface area contributed by atoms with Crippen LogP contribution >= 0.6 is 0 Å². The van der Waals surface area contributed by atoms with Gasteiger partial charge in [-0.25, -0.2) is 4.79 Å². The van der Waals surface area contributed by atoms with E-state index in [4.69, 9.17) is 5.26 Å². The highest BCUT2D eigenvalue weighted by atomic mass is 16.2. The highest BCUT2D eigenvalue weighted by Crippen LogP contribution is 2.12. The van der Waals surface area contributed by atoms with Crippen molar-refractivity contribution in [2.24, 2.45) is 0 Å². The first-order valence-electron chi connectivity index (χ1n) is 4.05. The van der Waals surface area contributed by atoms with Crippen LogP contribution in [0, 0.1) is 11.3 Å². The van der Waals surface area contributed by atoms with Crippen molar-refractivity contribution in [2.75, 3.05) is 7.05 Å². The summed E-state index contributed by atoms with van der Waals surface area (Å²) in [6.45, 7) is 3.76. The molecule has 0 atom stereocenters. The van der Waals surface area contributed by atoms with Crippen LogP contribution in [-0.2, 0) is 0 Å². The topological polar surface area (TPSA) is 64.9 Å². The predicted octanol–water partition coefficient (Wildman–Crippen LogP) is 0.998. The minimum atomic E-state index is -0.708. The van der Waals surface area contributed by atoms with E-state index in [1.165, 1.54) is 7.05 Å². The lowest BCUT2D eigenvalue weighted by molar-refractivity contribution is 0.232. The van der Waals surface area contributed by atoms with E-state index in [0.717, 1.165) is 0 Å². The Morgan fingerprint density at radius 2 is 2.00 bits per heavy atom. The number of hydrogen-bond acceptors (Lipinski definition) is 2. The van der Waals surface area contributed by atoms with Crippen LogP contribution in [0.1, 0.15) is 26.7 Å². The van der Waals surface area contributed by atoms with E-state index in [2.05, 4.69) is 16.7 Å². The Hall–Kier alpha value is -1.24. The lowest BCUT2D eigenvalue weighted by atomic mass is 9.95. The van der Waals surface area contributed by atoms with Crippen LogP contribution in [0.2, 0.25) is 0 Å². The van der Waals surface area contributed by atoms with Crippen molar-refractivity contribution in [1.29, 1.82) is 5.26 Å². The lowest BCUT2D eigenvalue weighted by Gasteiger charge is -2.24. The van der Waals surface area contributed by atoms with Crippen molar-refractivity contribution in [1.82, 2.24) is 10.6 Å². The summed E-state index contributed by atoms with van der Waals surface area (Å²) in [5.41, 5.74) is -0.708. The molecule has 0 aliphatic rings. The Bertz CT molecular complexity index is 191. The number of hydrogen-bond donors (Lipinski definition) is 2. The smallest absolute Gasteiger partial charge is 0.315 e. The van der Waals surface area contributed by atoms with Gasteiger partial charge in [0.25, 0.3) is 0 Å². The minimum Gasteiger partial charge on any atom is -0.341 e. The van der Waals surface area contributed by atoms with Crippen molar-refractivity contribution in [3.63, 3.8) is 0 Å². The molecule has 4 heteroatoms. The first kappa shape index (κ1) is 10.8. The fourth-order valence-electron chi connectivity index (χ4n) is 0.893. The van der Waals surface area contributed by atoms with Gasteiger partial charge in [-0.2, -0.15) is 5.26 Å². The van der Waals surface area contributed by atoms with Crippen molar-refractivity contribution in [3.05, 3.63) is 0 Å². The number of carbonyl (C=O) groups is 1. The molecule has 0 aliphatic carbocycles. The van der Waals surface area contributed by atoms with E-state index in [-0.39, 0.29) is 6.03 Å². The molecule has 0 aromatic carbocycles. The van der Waals surface area contributed by atoms with Gasteiger partial charge in [0.05, 0.1) is 6.07 Å². The molecule has 0 heterocycles. The third kappa shape index (κ3) is 2.42. The van der Waals surface area contributed by atoms with E-state index in [9.17, 15) is 4.79 Å². The molecule has 4 nitrogen and oxygen atoms in total. The van der Waals surface area contributed by atoms with Crippen LogP contribution in [0.3, 0.4) is 0 Å². The molecule has 0 saturated heterocycles. The van der Waals surface area contributed by atoms with Gasteiger partial charge in [0.15, 0.2) is 0 Å². The molecule has 0 aliphatic heterocycles. The third-order valence-electron chi connectivity index (χ3n) is 2.00. The van der Waals surface area contributed by atoms with Crippen molar-refractivity contribution < 1.29 is 4.79 Å². The highest BCUT2D eigenvalue weighted by Gasteiger charge is 2.26. The average Bonchev–Trinajstić information content (AvgIpc) is 2.14. The molecule has 0 bridgehead atoms. The summed E-state index contributed by atoms with van der Waals surface area (Å²) < 4.78 is 0. The molecular formula is C8H15N3O. The van der Waals surface area contributed by atoms with Gasteiger partial charge in [-0.1, -0.05) is 13.8 Å². The van der Waals surface area contributed by atoms with Crippen molar-refractivity contribution in [3.8, 4) is 6.07 Å². The monoisotopic (exact) mass is 169 g/mol. The van der Waals surface area contributed by atoms with E-state index in [0.29, 0.717) is 12.8 Å². The van der Waals surface area contributed by atoms with Gasteiger partial charge in [-0.3, -0.25) is 0 Å². The number of nitrogens with zero attached hydrogens (tertiary/aromatic N) is 1. The molecule has 0 spiro atoms. The largest absolute Gasteiger partial charge is 0.341 e. The van der Waals surface area contributed by atoms with Gasteiger partial charge in [-0.05, 0) is 12.8 Å². The summed E-state index contributed by atoms with van der Waals surface area (Å²) in [4.78, 5) is 10.9. The molecule has 0 unspecified atom stereocenters. The predicted molar refractivity (Wildman–Crippen MR) is 46.5 cm³/mol. The summed E-state index contributed by atoms with van der Waals surface area (Å²) in [7, 11) is 1.53. The van der Waals surface area contributed by atoms with Crippen molar-refractivity contribution in [2.45, 2.75) is 32.2 Å². The van der Waals surface area contributed by atoms with Gasteiger partial charge in [0.2, 0.25) is 0 Å². The van der Waals surface area contributed by atoms with Gasteiger partial charge in [-0.15, -0.1) is 0 Å². The average molecular weight is 169 g/mol. The second kappa shape index (κ2) is 4.60. The lowest BCUT2D eigenvalue weighted by Crippen LogP contribution is -2.49. The summed E-state index contributed by atoms with van der Waals surface area (Å²) >= 11 is 0. The molecule has 2 N–H and O–H groups in total. The molecule has 0 rings (SSSR count). The number of carbonyl (C=O) groups excluding carboxylic acids is 1. The molecule has 0 aromatic heterocycles. The summed E-state index contributed by atoms with van der Waals surface area (Å²) in [5, 5.41) is 13.9. The Kier molecular flexibility index (Phi) is 4.12. The molecule has 12 heavy (non-hydrogen) atoms. The summed E-state index contributed by atoms with van der Waals surface area (Å²) in [5.74, 6) is 0. The first-order chi connectivity index (χ1) is 5.64. The number of amides is 2. The number of rotatable bonds is 3. The zero-order valence-corrected chi connectivity index (χ0v) is 7.77. The molecule has 0 aromatic rings. The van der Waals surface area contributed by atoms with E-state index < -0.39 is 5.54 Å². The minimum absolute atomic E-state index is 0.305. The molecule has 2 amide bonds. The second-order valence-electron chi connectivity index (χ2n) is 2.61. The Morgan fingerprint density at radius 1 is 1.50 bits per heavy atom. The maximum atomic E-state index is 10.9. The van der Waals surface area contributed by atoms with Crippen molar-refractivity contribution >= 4 is 6.03 Å². The maximum absolute atomic E-state index is 10.9. The van der Waals surface area contributed by atoms with E-state index >= 15 is 0 Å². The second-order valence-corrected chi connectivity index (χ2v) is 2.61. The number of nitriles is 1. The van der Waals surface area contributed by atoms with Crippen LogP contribution < -0.4 is 10.6 Å². The molecule has 0 radical (unpaired) electrons. The normalized spacial score (nSPS) is 10.2. The third-order valence-corrected chi connectivity index (χ3v) is 2.00. The fraction of sp³-hybridized carbons (Fsp3) is 0.750. The number of nitrogens with one attached hydrogen (secondary N) is 2. The molecule has 68 valence electrons. The van der Waals surface area contributed by atoms with Crippen LogP contribution in [0.25, 0.3) is 0 Å². The molecule has 0 saturated carbocycles. The van der Waals surface area contributed by atoms with E-state index in [1.54, 1.807) is 0 Å². The highest BCUT2D eigenvalue weighted by molar-refractivity contribution is 5.74. The van der Waals surface area contributed by atoms with Gasteiger partial charge >= 0.3 is 6.03 Å². The fourth-order valence-corrected chi connectivity index (χ4v) is 0.893. The van der Waals surface area contributed by atoms with Crippen LogP contribution in [0.4, 0.5) is 4.79 Å². The summed E-state index contributed by atoms with van der Waals surface area (Å²) in [6, 6.07) is 1.80. The first-order valence-corrected chi connectivity index (χ1v) is 4.05. The molecule has 0 fully saturated rings.